The van der Waals surface area contributed by atoms with E-state index in [1.165, 1.54) is 6.08 Å². The van der Waals surface area contributed by atoms with Crippen LogP contribution in [0.1, 0.15) is 33.6 Å². The van der Waals surface area contributed by atoms with Crippen LogP contribution < -0.4 is 5.32 Å². The molecule has 8 atom stereocenters. The molecule has 2 aliphatic heterocycles. The molecule has 0 radical (unpaired) electrons. The van der Waals surface area contributed by atoms with Gasteiger partial charge >= 0.3 is 0 Å². The van der Waals surface area contributed by atoms with E-state index < -0.39 is 30.3 Å². The summed E-state index contributed by atoms with van der Waals surface area (Å²) in [5.74, 6) is -0.647. The van der Waals surface area contributed by atoms with Gasteiger partial charge in [-0.25, -0.2) is 0 Å². The minimum Gasteiger partial charge on any atom is -0.393 e. The van der Waals surface area contributed by atoms with E-state index in [9.17, 15) is 24.9 Å². The molecule has 0 spiro atoms. The molecule has 1 aromatic carbocycles. The molecule has 1 amide bonds. The Morgan fingerprint density at radius 3 is 2.56 bits per heavy atom. The van der Waals surface area contributed by atoms with Crippen LogP contribution >= 0.6 is 11.8 Å². The van der Waals surface area contributed by atoms with Gasteiger partial charge in [-0.3, -0.25) is 9.59 Å². The van der Waals surface area contributed by atoms with Gasteiger partial charge in [-0.05, 0) is 38.8 Å². The van der Waals surface area contributed by atoms with Crippen LogP contribution in [0, 0.1) is 11.8 Å². The lowest BCUT2D eigenvalue weighted by atomic mass is 9.85. The van der Waals surface area contributed by atoms with Crippen molar-refractivity contribution in [1.29, 1.82) is 0 Å². The summed E-state index contributed by atoms with van der Waals surface area (Å²) in [6.45, 7) is 5.59. The third-order valence-corrected chi connectivity index (χ3v) is 7.34. The van der Waals surface area contributed by atoms with E-state index in [0.717, 1.165) is 16.7 Å². The maximum atomic E-state index is 12.2. The molecule has 0 unspecified atom stereocenters. The molecule has 8 nitrogen and oxygen atoms in total. The molecule has 2 saturated heterocycles. The molecule has 9 heteroatoms. The molecular formula is C25H35NO7S. The average molecular weight is 494 g/mol. The fraction of sp³-hybridized carbons (Fsp3) is 0.600. The zero-order valence-electron chi connectivity index (χ0n) is 19.8. The number of amides is 1. The van der Waals surface area contributed by atoms with Crippen molar-refractivity contribution < 1.29 is 34.4 Å². The van der Waals surface area contributed by atoms with Gasteiger partial charge in [0.05, 0.1) is 43.7 Å². The van der Waals surface area contributed by atoms with Gasteiger partial charge in [0.1, 0.15) is 6.10 Å². The summed E-state index contributed by atoms with van der Waals surface area (Å²) in [6, 6.07) is 9.21. The highest BCUT2D eigenvalue weighted by Crippen LogP contribution is 2.38. The number of nitrogens with one attached hydrogen (secondary N) is 1. The largest absolute Gasteiger partial charge is 0.393 e. The van der Waals surface area contributed by atoms with E-state index in [0.29, 0.717) is 12.0 Å². The van der Waals surface area contributed by atoms with Crippen molar-refractivity contribution in [3.63, 3.8) is 0 Å². The fourth-order valence-corrected chi connectivity index (χ4v) is 4.88. The number of aliphatic hydroxyl groups excluding tert-OH is 3. The molecule has 188 valence electrons. The van der Waals surface area contributed by atoms with Crippen molar-refractivity contribution in [3.05, 3.63) is 42.0 Å². The lowest BCUT2D eigenvalue weighted by Crippen LogP contribution is -2.50. The first-order valence-electron chi connectivity index (χ1n) is 11.7. The molecule has 0 aromatic heterocycles. The topological polar surface area (TPSA) is 129 Å². The van der Waals surface area contributed by atoms with Crippen molar-refractivity contribution in [1.82, 2.24) is 5.32 Å². The molecule has 34 heavy (non-hydrogen) atoms. The molecule has 0 aliphatic carbocycles. The first-order valence-corrected chi connectivity index (χ1v) is 12.5. The Kier molecular flexibility index (Phi) is 9.70. The highest BCUT2D eigenvalue weighted by molar-refractivity contribution is 8.13. The van der Waals surface area contributed by atoms with Gasteiger partial charge in [0.15, 0.2) is 0 Å². The predicted octanol–water partition coefficient (Wildman–Crippen LogP) is 1.67. The molecule has 0 saturated carbocycles. The molecule has 1 aromatic rings. The van der Waals surface area contributed by atoms with E-state index >= 15 is 0 Å². The van der Waals surface area contributed by atoms with Crippen LogP contribution in [0.3, 0.4) is 0 Å². The van der Waals surface area contributed by atoms with Crippen LogP contribution in [0.4, 0.5) is 0 Å². The number of carbonyl (C=O) groups is 2. The van der Waals surface area contributed by atoms with Gasteiger partial charge in [-0.15, -0.1) is 0 Å². The average Bonchev–Trinajstić information content (AvgIpc) is 3.56. The normalized spacial score (nSPS) is 30.9. The molecule has 2 fully saturated rings. The summed E-state index contributed by atoms with van der Waals surface area (Å²) in [7, 11) is 0. The highest BCUT2D eigenvalue weighted by atomic mass is 32.2. The summed E-state index contributed by atoms with van der Waals surface area (Å²) in [4.78, 5) is 25.0. The Labute approximate surface area is 204 Å². The second-order valence-corrected chi connectivity index (χ2v) is 10.4. The fourth-order valence-electron chi connectivity index (χ4n) is 4.18. The number of hydrogen-bond acceptors (Lipinski definition) is 8. The van der Waals surface area contributed by atoms with Crippen molar-refractivity contribution in [2.45, 2.75) is 75.1 Å². The van der Waals surface area contributed by atoms with Gasteiger partial charge in [0, 0.05) is 22.8 Å². The number of rotatable bonds is 10. The minimum absolute atomic E-state index is 0.00971. The number of ether oxygens (including phenoxy) is 2. The lowest BCUT2D eigenvalue weighted by molar-refractivity contribution is -0.165. The van der Waals surface area contributed by atoms with Crippen molar-refractivity contribution in [3.8, 4) is 0 Å². The first kappa shape index (κ1) is 26.8. The smallest absolute Gasteiger partial charge is 0.244 e. The van der Waals surface area contributed by atoms with Crippen LogP contribution in [0.15, 0.2) is 46.9 Å². The summed E-state index contributed by atoms with van der Waals surface area (Å²) < 4.78 is 11.5. The summed E-state index contributed by atoms with van der Waals surface area (Å²) in [5, 5.41) is 33.3. The van der Waals surface area contributed by atoms with E-state index in [1.54, 1.807) is 13.8 Å². The van der Waals surface area contributed by atoms with E-state index in [4.69, 9.17) is 9.47 Å². The summed E-state index contributed by atoms with van der Waals surface area (Å²) in [5.41, 5.74) is 0.673. The van der Waals surface area contributed by atoms with Gasteiger partial charge < -0.3 is 30.1 Å². The first-order chi connectivity index (χ1) is 16.2. The van der Waals surface area contributed by atoms with E-state index in [-0.39, 0.29) is 48.7 Å². The molecular weight excluding hydrogens is 458 g/mol. The molecule has 2 aliphatic rings. The maximum absolute atomic E-state index is 12.2. The predicted molar refractivity (Wildman–Crippen MR) is 128 cm³/mol. The Morgan fingerprint density at radius 2 is 1.88 bits per heavy atom. The Balaban J connectivity index is 1.41. The van der Waals surface area contributed by atoms with Crippen molar-refractivity contribution >= 4 is 22.8 Å². The lowest BCUT2D eigenvalue weighted by Gasteiger charge is -2.38. The number of thioether (sulfide) groups is 1. The Hall–Kier alpha value is -1.75. The van der Waals surface area contributed by atoms with Gasteiger partial charge in [-0.2, -0.15) is 0 Å². The number of aliphatic hydroxyl groups is 3. The van der Waals surface area contributed by atoms with Gasteiger partial charge in [-0.1, -0.05) is 42.5 Å². The summed E-state index contributed by atoms with van der Waals surface area (Å²) in [6.07, 6.45) is -1.00. The number of benzene rings is 1. The third kappa shape index (κ3) is 7.63. The molecule has 0 bridgehead atoms. The number of carbonyl (C=O) groups excluding carboxylic acids is 2. The SMILES string of the molecule is C/C(=C\C(=O)NCC(=O)Sc1ccccc1)C[C@@H]1OC[C@H](C[C@@H]2O[C@H]2[C@@H](C)[C@H](C)O)[C@@H](O)[C@H]1O. The summed E-state index contributed by atoms with van der Waals surface area (Å²) >= 11 is 1.07. The highest BCUT2D eigenvalue weighted by Gasteiger charge is 2.48. The van der Waals surface area contributed by atoms with E-state index in [2.05, 4.69) is 5.32 Å². The molecule has 3 rings (SSSR count). The van der Waals surface area contributed by atoms with Crippen LogP contribution in [0.25, 0.3) is 0 Å². The zero-order chi connectivity index (χ0) is 24.8. The molecule has 4 N–H and O–H groups in total. The standard InChI is InChI=1S/C25H35NO7S/c1-14(10-21(28)26-12-22(29)34-18-7-5-4-6-8-18)9-19-24(31)23(30)17(13-32-19)11-20-25(33-20)15(2)16(3)27/h4-8,10,15-17,19-20,23-25,27,30-31H,9,11-13H2,1-3H3,(H,26,28)/b14-10+/t15-,16-,17-,19-,20-,23+,24-,25-/m0/s1. The zero-order valence-corrected chi connectivity index (χ0v) is 20.6. The maximum Gasteiger partial charge on any atom is 0.244 e. The number of epoxide rings is 1. The Morgan fingerprint density at radius 1 is 1.18 bits per heavy atom. The quantitative estimate of drug-likeness (QED) is 0.220. The number of hydrogen-bond donors (Lipinski definition) is 4. The van der Waals surface area contributed by atoms with Crippen LogP contribution in [-0.2, 0) is 19.1 Å². The Bertz CT molecular complexity index is 862. The molecule has 2 heterocycles. The third-order valence-electron chi connectivity index (χ3n) is 6.46. The monoisotopic (exact) mass is 493 g/mol. The minimum atomic E-state index is -1.08. The second-order valence-electron chi connectivity index (χ2n) is 9.29. The van der Waals surface area contributed by atoms with Crippen molar-refractivity contribution in [2.75, 3.05) is 13.2 Å². The van der Waals surface area contributed by atoms with Crippen molar-refractivity contribution in [2.24, 2.45) is 11.8 Å². The van der Waals surface area contributed by atoms with E-state index in [1.807, 2.05) is 37.3 Å². The van der Waals surface area contributed by atoms with Gasteiger partial charge in [0.2, 0.25) is 11.0 Å². The van der Waals surface area contributed by atoms with Crippen LogP contribution in [0.2, 0.25) is 0 Å². The second kappa shape index (κ2) is 12.3. The van der Waals surface area contributed by atoms with Gasteiger partial charge in [0.25, 0.3) is 0 Å². The van der Waals surface area contributed by atoms with Crippen LogP contribution in [-0.4, -0.2) is 76.1 Å². The van der Waals surface area contributed by atoms with Crippen LogP contribution in [0.5, 0.6) is 0 Å².